The molecule has 0 fully saturated rings. The molecular weight excluding hydrogens is 465 g/mol. The van der Waals surface area contributed by atoms with E-state index >= 15 is 0 Å². The number of hydrogen-bond acceptors (Lipinski definition) is 4. The van der Waals surface area contributed by atoms with E-state index in [9.17, 15) is 9.18 Å². The molecule has 0 bridgehead atoms. The Morgan fingerprint density at radius 3 is 2.32 bits per heavy atom. The maximum absolute atomic E-state index is 14.9. The number of rotatable bonds is 9. The van der Waals surface area contributed by atoms with Gasteiger partial charge in [-0.1, -0.05) is 62.4 Å². The van der Waals surface area contributed by atoms with Crippen LogP contribution in [0, 0.1) is 5.82 Å². The minimum atomic E-state index is -0.493. The summed E-state index contributed by atoms with van der Waals surface area (Å²) in [6, 6.07) is 20.5. The Hall–Kier alpha value is -3.93. The van der Waals surface area contributed by atoms with Crippen molar-refractivity contribution in [2.45, 2.75) is 59.6 Å². The molecule has 0 aliphatic rings. The molecule has 5 nitrogen and oxygen atoms in total. The highest BCUT2D eigenvalue weighted by Crippen LogP contribution is 2.28. The van der Waals surface area contributed by atoms with Crippen LogP contribution in [0.5, 0.6) is 5.75 Å². The normalized spacial score (nSPS) is 11.2. The van der Waals surface area contributed by atoms with Gasteiger partial charge in [-0.15, -0.1) is 0 Å². The van der Waals surface area contributed by atoms with Crippen molar-refractivity contribution in [3.05, 3.63) is 100.0 Å². The first-order chi connectivity index (χ1) is 17.8. The van der Waals surface area contributed by atoms with Gasteiger partial charge in [0.2, 0.25) is 0 Å². The molecule has 4 aromatic rings. The molecule has 192 valence electrons. The second-order valence-corrected chi connectivity index (χ2v) is 9.44. The number of aryl methyl sites for hydroxylation is 2. The molecule has 0 amide bonds. The van der Waals surface area contributed by atoms with E-state index in [0.29, 0.717) is 36.2 Å². The summed E-state index contributed by atoms with van der Waals surface area (Å²) in [6.07, 6.45) is 1.96. The zero-order valence-electron chi connectivity index (χ0n) is 21.9. The van der Waals surface area contributed by atoms with E-state index in [1.807, 2.05) is 69.3 Å². The van der Waals surface area contributed by atoms with Crippen LogP contribution >= 0.6 is 0 Å². The zero-order chi connectivity index (χ0) is 26.5. The van der Waals surface area contributed by atoms with Crippen molar-refractivity contribution >= 4 is 5.69 Å². The molecule has 0 atom stereocenters. The van der Waals surface area contributed by atoms with Crippen LogP contribution in [0.1, 0.15) is 51.2 Å². The third kappa shape index (κ3) is 5.74. The molecule has 0 aliphatic carbocycles. The van der Waals surface area contributed by atoms with Crippen LogP contribution in [0.4, 0.5) is 10.1 Å². The van der Waals surface area contributed by atoms with Crippen molar-refractivity contribution in [1.29, 1.82) is 0 Å². The molecule has 1 aromatic heterocycles. The molecule has 4 rings (SSSR count). The molecule has 0 saturated carbocycles. The number of hydrogen-bond donors (Lipinski definition) is 1. The molecule has 6 heteroatoms. The Balaban J connectivity index is 1.76. The van der Waals surface area contributed by atoms with Gasteiger partial charge in [0.05, 0.1) is 23.9 Å². The first-order valence-electron chi connectivity index (χ1n) is 12.8. The van der Waals surface area contributed by atoms with E-state index in [-0.39, 0.29) is 17.4 Å². The van der Waals surface area contributed by atoms with Crippen molar-refractivity contribution in [3.8, 4) is 28.0 Å². The lowest BCUT2D eigenvalue weighted by molar-refractivity contribution is 0.231. The second kappa shape index (κ2) is 11.4. The van der Waals surface area contributed by atoms with Gasteiger partial charge in [0.25, 0.3) is 5.56 Å². The summed E-state index contributed by atoms with van der Waals surface area (Å²) in [6.45, 7) is 8.10. The molecule has 3 aromatic carbocycles. The quantitative estimate of drug-likeness (QED) is 0.262. The summed E-state index contributed by atoms with van der Waals surface area (Å²) in [7, 11) is 0. The topological polar surface area (TPSA) is 70.1 Å². The van der Waals surface area contributed by atoms with Crippen LogP contribution in [-0.4, -0.2) is 15.7 Å². The monoisotopic (exact) mass is 499 g/mol. The first kappa shape index (κ1) is 26.1. The fourth-order valence-corrected chi connectivity index (χ4v) is 4.51. The van der Waals surface area contributed by atoms with Crippen LogP contribution in [0.25, 0.3) is 22.3 Å². The van der Waals surface area contributed by atoms with E-state index in [1.165, 1.54) is 6.07 Å². The number of anilines is 1. The SMILES string of the molecule is CCCc1nc(CC)c(-c2ccc(OC(C)C)c(F)c2)c(=O)n1Cc1ccc(-c2ccccc2N)cc1. The van der Waals surface area contributed by atoms with Gasteiger partial charge in [0.15, 0.2) is 11.6 Å². The number of nitrogens with two attached hydrogens (primary N) is 1. The van der Waals surface area contributed by atoms with Crippen LogP contribution in [0.2, 0.25) is 0 Å². The fraction of sp³-hybridized carbons (Fsp3) is 0.290. The lowest BCUT2D eigenvalue weighted by atomic mass is 10.0. The van der Waals surface area contributed by atoms with Gasteiger partial charge < -0.3 is 10.5 Å². The average molecular weight is 500 g/mol. The van der Waals surface area contributed by atoms with Crippen molar-refractivity contribution < 1.29 is 9.13 Å². The standard InChI is InChI=1S/C31H34FN3O2/c1-5-9-29-34-27(6-2)30(23-16-17-28(25(32)18-23)37-20(3)4)31(36)35(29)19-21-12-14-22(15-13-21)24-10-7-8-11-26(24)33/h7-8,10-18,20H,5-6,9,19,33H2,1-4H3. The zero-order valence-corrected chi connectivity index (χ0v) is 21.9. The first-order valence-corrected chi connectivity index (χ1v) is 12.8. The lowest BCUT2D eigenvalue weighted by Crippen LogP contribution is -2.29. The average Bonchev–Trinajstić information content (AvgIpc) is 2.88. The summed E-state index contributed by atoms with van der Waals surface area (Å²) >= 11 is 0. The van der Waals surface area contributed by atoms with Crippen molar-refractivity contribution in [1.82, 2.24) is 9.55 Å². The Morgan fingerprint density at radius 2 is 1.70 bits per heavy atom. The summed E-state index contributed by atoms with van der Waals surface area (Å²) in [4.78, 5) is 18.8. The summed E-state index contributed by atoms with van der Waals surface area (Å²) in [5.74, 6) is 0.421. The minimum Gasteiger partial charge on any atom is -0.488 e. The van der Waals surface area contributed by atoms with Crippen LogP contribution in [-0.2, 0) is 19.4 Å². The Labute approximate surface area is 217 Å². The highest BCUT2D eigenvalue weighted by Gasteiger charge is 2.19. The molecule has 0 radical (unpaired) electrons. The second-order valence-electron chi connectivity index (χ2n) is 9.44. The van der Waals surface area contributed by atoms with Crippen molar-refractivity contribution in [3.63, 3.8) is 0 Å². The number of halogens is 1. The number of para-hydroxylation sites is 1. The van der Waals surface area contributed by atoms with Crippen LogP contribution in [0.15, 0.2) is 71.5 Å². The summed E-state index contributed by atoms with van der Waals surface area (Å²) in [5, 5.41) is 0. The predicted molar refractivity (Wildman–Crippen MR) is 148 cm³/mol. The summed E-state index contributed by atoms with van der Waals surface area (Å²) < 4.78 is 22.1. The highest BCUT2D eigenvalue weighted by molar-refractivity contribution is 5.76. The minimum absolute atomic E-state index is 0.150. The van der Waals surface area contributed by atoms with Gasteiger partial charge in [0.1, 0.15) is 5.82 Å². The third-order valence-electron chi connectivity index (χ3n) is 6.28. The Bertz CT molecular complexity index is 1440. The summed E-state index contributed by atoms with van der Waals surface area (Å²) in [5.41, 5.74) is 11.3. The molecular formula is C31H34FN3O2. The molecule has 0 spiro atoms. The maximum Gasteiger partial charge on any atom is 0.261 e. The van der Waals surface area contributed by atoms with E-state index in [0.717, 1.165) is 34.6 Å². The van der Waals surface area contributed by atoms with Gasteiger partial charge in [-0.2, -0.15) is 0 Å². The number of ether oxygens (including phenoxy) is 1. The molecule has 0 saturated heterocycles. The fourth-order valence-electron chi connectivity index (χ4n) is 4.51. The molecule has 0 aliphatic heterocycles. The molecule has 0 unspecified atom stereocenters. The number of nitrogen functional groups attached to an aromatic ring is 1. The molecule has 1 heterocycles. The smallest absolute Gasteiger partial charge is 0.261 e. The highest BCUT2D eigenvalue weighted by atomic mass is 19.1. The van der Waals surface area contributed by atoms with Crippen molar-refractivity contribution in [2.75, 3.05) is 5.73 Å². The third-order valence-corrected chi connectivity index (χ3v) is 6.28. The number of benzene rings is 3. The maximum atomic E-state index is 14.9. The largest absolute Gasteiger partial charge is 0.488 e. The van der Waals surface area contributed by atoms with Gasteiger partial charge in [-0.05, 0) is 61.6 Å². The number of aromatic nitrogens is 2. The van der Waals surface area contributed by atoms with Crippen LogP contribution in [0.3, 0.4) is 0 Å². The molecule has 2 N–H and O–H groups in total. The van der Waals surface area contributed by atoms with Gasteiger partial charge >= 0.3 is 0 Å². The van der Waals surface area contributed by atoms with Gasteiger partial charge in [-0.3, -0.25) is 9.36 Å². The van der Waals surface area contributed by atoms with Gasteiger partial charge in [0, 0.05) is 17.7 Å². The van der Waals surface area contributed by atoms with Crippen molar-refractivity contribution in [2.24, 2.45) is 0 Å². The lowest BCUT2D eigenvalue weighted by Gasteiger charge is -2.18. The Morgan fingerprint density at radius 1 is 1.00 bits per heavy atom. The Kier molecular flexibility index (Phi) is 8.07. The molecule has 37 heavy (non-hydrogen) atoms. The van der Waals surface area contributed by atoms with Gasteiger partial charge in [-0.25, -0.2) is 9.37 Å². The van der Waals surface area contributed by atoms with E-state index < -0.39 is 5.82 Å². The van der Waals surface area contributed by atoms with E-state index in [2.05, 4.69) is 6.92 Å². The predicted octanol–water partition coefficient (Wildman–Crippen LogP) is 6.65. The van der Waals surface area contributed by atoms with E-state index in [4.69, 9.17) is 15.5 Å². The van der Waals surface area contributed by atoms with Crippen LogP contribution < -0.4 is 16.0 Å². The van der Waals surface area contributed by atoms with E-state index in [1.54, 1.807) is 16.7 Å². The number of nitrogens with zero attached hydrogens (tertiary/aromatic N) is 2.